The Morgan fingerprint density at radius 2 is 2.33 bits per heavy atom. The van der Waals surface area contributed by atoms with Crippen LogP contribution in [0.15, 0.2) is 29.2 Å². The summed E-state index contributed by atoms with van der Waals surface area (Å²) in [6, 6.07) is 4.84. The Hall–Kier alpha value is -0.800. The fourth-order valence-electron chi connectivity index (χ4n) is 0.887. The van der Waals surface area contributed by atoms with E-state index < -0.39 is 6.10 Å². The van der Waals surface area contributed by atoms with Crippen LogP contribution in [0.5, 0.6) is 0 Å². The van der Waals surface area contributed by atoms with E-state index in [0.29, 0.717) is 0 Å². The minimum absolute atomic E-state index is 0.123. The molecule has 0 amide bonds. The van der Waals surface area contributed by atoms with Crippen molar-refractivity contribution in [2.75, 3.05) is 5.88 Å². The smallest absolute Gasteiger partial charge is 0.250 e. The first-order valence-electron chi connectivity index (χ1n) is 3.63. The van der Waals surface area contributed by atoms with Crippen LogP contribution in [0.25, 0.3) is 0 Å². The van der Waals surface area contributed by atoms with Crippen LogP contribution in [0.1, 0.15) is 0 Å². The lowest BCUT2D eigenvalue weighted by Crippen LogP contribution is -2.26. The van der Waals surface area contributed by atoms with Gasteiger partial charge in [0.25, 0.3) is 5.56 Å². The molecule has 1 aromatic rings. The summed E-state index contributed by atoms with van der Waals surface area (Å²) in [5.74, 6) is 0.140. The summed E-state index contributed by atoms with van der Waals surface area (Å²) in [5.41, 5.74) is -0.123. The number of aliphatic hydroxyl groups is 1. The van der Waals surface area contributed by atoms with Crippen molar-refractivity contribution in [3.8, 4) is 0 Å². The van der Waals surface area contributed by atoms with Crippen LogP contribution in [0, 0.1) is 0 Å². The van der Waals surface area contributed by atoms with Crippen LogP contribution in [0.3, 0.4) is 0 Å². The van der Waals surface area contributed by atoms with E-state index in [0.717, 1.165) is 0 Å². The summed E-state index contributed by atoms with van der Waals surface area (Å²) < 4.78 is 1.42. The van der Waals surface area contributed by atoms with Gasteiger partial charge < -0.3 is 9.67 Å². The van der Waals surface area contributed by atoms with Crippen molar-refractivity contribution in [1.82, 2.24) is 4.57 Å². The molecule has 3 nitrogen and oxygen atoms in total. The van der Waals surface area contributed by atoms with E-state index in [1.807, 2.05) is 0 Å². The van der Waals surface area contributed by atoms with Crippen LogP contribution in [0.4, 0.5) is 0 Å². The third-order valence-electron chi connectivity index (χ3n) is 1.48. The highest BCUT2D eigenvalue weighted by Crippen LogP contribution is 1.91. The maximum atomic E-state index is 11.1. The van der Waals surface area contributed by atoms with E-state index in [1.165, 1.54) is 10.6 Å². The van der Waals surface area contributed by atoms with Gasteiger partial charge in [-0.3, -0.25) is 4.79 Å². The zero-order valence-electron chi connectivity index (χ0n) is 6.48. The molecule has 0 aliphatic heterocycles. The number of pyridine rings is 1. The third kappa shape index (κ3) is 2.36. The van der Waals surface area contributed by atoms with E-state index in [-0.39, 0.29) is 18.0 Å². The Balaban J connectivity index is 2.76. The lowest BCUT2D eigenvalue weighted by molar-refractivity contribution is 0.175. The van der Waals surface area contributed by atoms with Crippen LogP contribution in [-0.4, -0.2) is 21.7 Å². The number of aliphatic hydroxyl groups excluding tert-OH is 1. The topological polar surface area (TPSA) is 42.2 Å². The average Bonchev–Trinajstić information content (AvgIpc) is 2.09. The quantitative estimate of drug-likeness (QED) is 0.699. The van der Waals surface area contributed by atoms with Crippen molar-refractivity contribution >= 4 is 11.6 Å². The number of hydrogen-bond acceptors (Lipinski definition) is 2. The van der Waals surface area contributed by atoms with Gasteiger partial charge in [-0.1, -0.05) is 6.07 Å². The van der Waals surface area contributed by atoms with Crippen molar-refractivity contribution in [3.63, 3.8) is 0 Å². The number of hydrogen-bond donors (Lipinski definition) is 1. The Bertz CT molecular complexity index is 297. The molecule has 0 aromatic carbocycles. The summed E-state index contributed by atoms with van der Waals surface area (Å²) >= 11 is 5.39. The van der Waals surface area contributed by atoms with Gasteiger partial charge in [0.1, 0.15) is 0 Å². The Morgan fingerprint density at radius 1 is 1.58 bits per heavy atom. The van der Waals surface area contributed by atoms with Crippen molar-refractivity contribution in [2.45, 2.75) is 12.6 Å². The first kappa shape index (κ1) is 9.29. The van der Waals surface area contributed by atoms with Gasteiger partial charge in [0.15, 0.2) is 0 Å². The zero-order valence-corrected chi connectivity index (χ0v) is 7.24. The van der Waals surface area contributed by atoms with Gasteiger partial charge in [0.05, 0.1) is 18.5 Å². The summed E-state index contributed by atoms with van der Waals surface area (Å²) in [7, 11) is 0. The van der Waals surface area contributed by atoms with Crippen molar-refractivity contribution in [2.24, 2.45) is 0 Å². The molecular weight excluding hydrogens is 178 g/mol. The van der Waals surface area contributed by atoms with Crippen LogP contribution in [-0.2, 0) is 6.54 Å². The van der Waals surface area contributed by atoms with Gasteiger partial charge in [-0.05, 0) is 6.07 Å². The molecule has 1 N–H and O–H groups in total. The number of aromatic nitrogens is 1. The van der Waals surface area contributed by atoms with Gasteiger partial charge in [-0.2, -0.15) is 0 Å². The summed E-state index contributed by atoms with van der Waals surface area (Å²) in [6.07, 6.45) is 0.963. The molecule has 1 rings (SSSR count). The predicted molar refractivity (Wildman–Crippen MR) is 47.4 cm³/mol. The highest BCUT2D eigenvalue weighted by Gasteiger charge is 2.02. The second-order valence-electron chi connectivity index (χ2n) is 2.50. The summed E-state index contributed by atoms with van der Waals surface area (Å²) in [6.45, 7) is 0.253. The first-order valence-corrected chi connectivity index (χ1v) is 4.17. The molecule has 0 radical (unpaired) electrons. The van der Waals surface area contributed by atoms with Gasteiger partial charge in [-0.15, -0.1) is 11.6 Å². The van der Waals surface area contributed by atoms with Gasteiger partial charge in [0, 0.05) is 12.3 Å². The fraction of sp³-hybridized carbons (Fsp3) is 0.375. The maximum Gasteiger partial charge on any atom is 0.250 e. The fourth-order valence-corrected chi connectivity index (χ4v) is 0.985. The Morgan fingerprint density at radius 3 is 2.92 bits per heavy atom. The molecule has 1 heterocycles. The van der Waals surface area contributed by atoms with Crippen LogP contribution >= 0.6 is 11.6 Å². The minimum Gasteiger partial charge on any atom is -0.390 e. The molecule has 1 aromatic heterocycles. The maximum absolute atomic E-state index is 11.1. The third-order valence-corrected chi connectivity index (χ3v) is 1.84. The lowest BCUT2D eigenvalue weighted by Gasteiger charge is -2.08. The van der Waals surface area contributed by atoms with E-state index >= 15 is 0 Å². The number of rotatable bonds is 3. The van der Waals surface area contributed by atoms with Crippen molar-refractivity contribution in [3.05, 3.63) is 34.7 Å². The molecule has 0 fully saturated rings. The Kier molecular flexibility index (Phi) is 3.31. The molecule has 0 spiro atoms. The molecule has 0 saturated carbocycles. The van der Waals surface area contributed by atoms with E-state index in [2.05, 4.69) is 0 Å². The average molecular weight is 188 g/mol. The highest BCUT2D eigenvalue weighted by molar-refractivity contribution is 6.18. The number of alkyl halides is 1. The largest absolute Gasteiger partial charge is 0.390 e. The van der Waals surface area contributed by atoms with Gasteiger partial charge in [0.2, 0.25) is 0 Å². The Labute approximate surface area is 75.2 Å². The molecule has 0 aliphatic carbocycles. The van der Waals surface area contributed by atoms with Gasteiger partial charge >= 0.3 is 0 Å². The van der Waals surface area contributed by atoms with Crippen molar-refractivity contribution in [1.29, 1.82) is 0 Å². The lowest BCUT2D eigenvalue weighted by atomic mass is 10.4. The van der Waals surface area contributed by atoms with E-state index in [1.54, 1.807) is 18.3 Å². The monoisotopic (exact) mass is 187 g/mol. The predicted octanol–water partition coefficient (Wildman–Crippen LogP) is 0.448. The summed E-state index contributed by atoms with van der Waals surface area (Å²) in [5, 5.41) is 9.14. The normalized spacial score (nSPS) is 12.8. The summed E-state index contributed by atoms with van der Waals surface area (Å²) in [4.78, 5) is 11.1. The second kappa shape index (κ2) is 4.28. The zero-order chi connectivity index (χ0) is 8.97. The molecule has 0 saturated heterocycles. The standard InChI is InChI=1S/C8H10ClNO2/c9-5-7(11)6-10-4-2-1-3-8(10)12/h1-4,7,11H,5-6H2. The van der Waals surface area contributed by atoms with Gasteiger partial charge in [-0.25, -0.2) is 0 Å². The molecule has 4 heteroatoms. The molecule has 1 unspecified atom stereocenters. The second-order valence-corrected chi connectivity index (χ2v) is 2.81. The van der Waals surface area contributed by atoms with Crippen molar-refractivity contribution < 1.29 is 5.11 Å². The molecule has 0 aliphatic rings. The molecule has 1 atom stereocenters. The molecular formula is C8H10ClNO2. The molecule has 0 bridgehead atoms. The first-order chi connectivity index (χ1) is 5.74. The molecule has 66 valence electrons. The van der Waals surface area contributed by atoms with Crippen LogP contribution < -0.4 is 5.56 Å². The molecule has 12 heavy (non-hydrogen) atoms. The van der Waals surface area contributed by atoms with E-state index in [9.17, 15) is 4.79 Å². The van der Waals surface area contributed by atoms with Crippen LogP contribution in [0.2, 0.25) is 0 Å². The SMILES string of the molecule is O=c1ccccn1CC(O)CCl. The number of halogens is 1. The number of nitrogens with zero attached hydrogens (tertiary/aromatic N) is 1. The minimum atomic E-state index is -0.660. The highest BCUT2D eigenvalue weighted by atomic mass is 35.5. The van der Waals surface area contributed by atoms with E-state index in [4.69, 9.17) is 16.7 Å².